The van der Waals surface area contributed by atoms with Gasteiger partial charge in [0.25, 0.3) is 5.91 Å². The summed E-state index contributed by atoms with van der Waals surface area (Å²) in [6, 6.07) is 18.3. The number of hydrogen-bond donors (Lipinski definition) is 1. The highest BCUT2D eigenvalue weighted by atomic mass is 16.5. The first kappa shape index (κ1) is 19.7. The predicted molar refractivity (Wildman–Crippen MR) is 114 cm³/mol. The van der Waals surface area contributed by atoms with Gasteiger partial charge in [-0.3, -0.25) is 4.79 Å². The number of benzene rings is 2. The number of carbonyl (C=O) groups is 1. The molecule has 1 fully saturated rings. The number of para-hydroxylation sites is 1. The summed E-state index contributed by atoms with van der Waals surface area (Å²) < 4.78 is 7.62. The zero-order valence-corrected chi connectivity index (χ0v) is 16.7. The highest BCUT2D eigenvalue weighted by Crippen LogP contribution is 2.25. The minimum Gasteiger partial charge on any atom is -0.394 e. The monoisotopic (exact) mass is 392 g/mol. The molecule has 0 aliphatic carbocycles. The summed E-state index contributed by atoms with van der Waals surface area (Å²) in [5.74, 6) is -0.0217. The minimum atomic E-state index is -0.274. The van der Waals surface area contributed by atoms with Crippen LogP contribution in [0.2, 0.25) is 0 Å². The van der Waals surface area contributed by atoms with Crippen molar-refractivity contribution in [3.63, 3.8) is 0 Å². The van der Waals surface area contributed by atoms with Crippen molar-refractivity contribution in [2.24, 2.45) is 0 Å². The van der Waals surface area contributed by atoms with Crippen LogP contribution in [0.4, 0.5) is 0 Å². The fourth-order valence-corrected chi connectivity index (χ4v) is 4.09. The lowest BCUT2D eigenvalue weighted by Gasteiger charge is -2.34. The van der Waals surface area contributed by atoms with E-state index >= 15 is 0 Å². The van der Waals surface area contributed by atoms with Crippen LogP contribution in [-0.2, 0) is 17.7 Å². The maximum absolute atomic E-state index is 13.3. The van der Waals surface area contributed by atoms with Gasteiger partial charge in [0.1, 0.15) is 0 Å². The smallest absolute Gasteiger partial charge is 0.256 e. The molecule has 1 aromatic heterocycles. The normalized spacial score (nSPS) is 17.0. The molecule has 4 rings (SSSR count). The first-order valence-electron chi connectivity index (χ1n) is 10.4. The summed E-state index contributed by atoms with van der Waals surface area (Å²) >= 11 is 0. The summed E-state index contributed by atoms with van der Waals surface area (Å²) in [7, 11) is 0. The van der Waals surface area contributed by atoms with Gasteiger partial charge in [-0.05, 0) is 30.9 Å². The lowest BCUT2D eigenvalue weighted by Crippen LogP contribution is -2.50. The lowest BCUT2D eigenvalue weighted by atomic mass is 10.1. The standard InChI is InChI=1S/C24H28N2O3/c27-17-20-18-29-15-14-26(20)24(28)22-16-25(23-12-5-4-11-21(22)23)13-7-6-10-19-8-2-1-3-9-19/h1-5,8-9,11-12,16,20,27H,6-7,10,13-15,17-18H2/t20-/m1/s1. The maximum Gasteiger partial charge on any atom is 0.256 e. The zero-order chi connectivity index (χ0) is 20.1. The molecule has 5 heteroatoms. The molecule has 0 spiro atoms. The number of aliphatic hydroxyl groups is 1. The number of hydrogen-bond acceptors (Lipinski definition) is 3. The third kappa shape index (κ3) is 4.36. The number of rotatable bonds is 7. The minimum absolute atomic E-state index is 0.0217. The first-order valence-corrected chi connectivity index (χ1v) is 10.4. The molecule has 0 unspecified atom stereocenters. The van der Waals surface area contributed by atoms with E-state index in [4.69, 9.17) is 4.74 Å². The molecule has 1 N–H and O–H groups in total. The van der Waals surface area contributed by atoms with Crippen molar-refractivity contribution in [3.05, 3.63) is 71.9 Å². The molecule has 2 heterocycles. The number of amides is 1. The fraction of sp³-hybridized carbons (Fsp3) is 0.375. The summed E-state index contributed by atoms with van der Waals surface area (Å²) in [6.07, 6.45) is 5.21. The average molecular weight is 392 g/mol. The van der Waals surface area contributed by atoms with E-state index in [0.29, 0.717) is 25.3 Å². The van der Waals surface area contributed by atoms with E-state index in [0.717, 1.165) is 36.7 Å². The van der Waals surface area contributed by atoms with Crippen molar-refractivity contribution in [2.75, 3.05) is 26.4 Å². The molecule has 5 nitrogen and oxygen atoms in total. The van der Waals surface area contributed by atoms with Gasteiger partial charge in [-0.1, -0.05) is 48.5 Å². The first-order chi connectivity index (χ1) is 14.3. The summed E-state index contributed by atoms with van der Waals surface area (Å²) in [4.78, 5) is 15.0. The molecule has 2 aromatic carbocycles. The Morgan fingerprint density at radius 1 is 1.07 bits per heavy atom. The number of aryl methyl sites for hydroxylation is 2. The predicted octanol–water partition coefficient (Wildman–Crippen LogP) is 3.50. The largest absolute Gasteiger partial charge is 0.394 e. The second kappa shape index (κ2) is 9.25. The van der Waals surface area contributed by atoms with Gasteiger partial charge in [0, 0.05) is 30.2 Å². The molecule has 1 aliphatic rings. The SMILES string of the molecule is O=C(c1cn(CCCCc2ccccc2)c2ccccc12)N1CCOC[C@H]1CO. The van der Waals surface area contributed by atoms with Gasteiger partial charge in [0.05, 0.1) is 31.4 Å². The van der Waals surface area contributed by atoms with Gasteiger partial charge in [0.15, 0.2) is 0 Å². The van der Waals surface area contributed by atoms with Crippen LogP contribution in [-0.4, -0.2) is 52.9 Å². The maximum atomic E-state index is 13.3. The third-order valence-corrected chi connectivity index (χ3v) is 5.68. The van der Waals surface area contributed by atoms with E-state index in [1.54, 1.807) is 4.90 Å². The quantitative estimate of drug-likeness (QED) is 0.626. The van der Waals surface area contributed by atoms with Crippen molar-refractivity contribution in [3.8, 4) is 0 Å². The number of carbonyl (C=O) groups excluding carboxylic acids is 1. The summed E-state index contributed by atoms with van der Waals surface area (Å²) in [6.45, 7) is 2.22. The van der Waals surface area contributed by atoms with Crippen LogP contribution in [0.1, 0.15) is 28.8 Å². The number of morpholine rings is 1. The number of aromatic nitrogens is 1. The molecule has 29 heavy (non-hydrogen) atoms. The van der Waals surface area contributed by atoms with Crippen molar-refractivity contribution in [1.82, 2.24) is 9.47 Å². The lowest BCUT2D eigenvalue weighted by molar-refractivity contribution is -0.0183. The van der Waals surface area contributed by atoms with Crippen LogP contribution >= 0.6 is 0 Å². The summed E-state index contributed by atoms with van der Waals surface area (Å²) in [5, 5.41) is 10.6. The van der Waals surface area contributed by atoms with E-state index in [9.17, 15) is 9.90 Å². The number of fused-ring (bicyclic) bond motifs is 1. The molecule has 1 saturated heterocycles. The second-order valence-corrected chi connectivity index (χ2v) is 7.61. The number of aliphatic hydroxyl groups excluding tert-OH is 1. The van der Waals surface area contributed by atoms with Gasteiger partial charge in [0.2, 0.25) is 0 Å². The average Bonchev–Trinajstić information content (AvgIpc) is 3.15. The Morgan fingerprint density at radius 3 is 2.69 bits per heavy atom. The van der Waals surface area contributed by atoms with Crippen LogP contribution in [0.25, 0.3) is 10.9 Å². The van der Waals surface area contributed by atoms with Crippen LogP contribution in [0.3, 0.4) is 0 Å². The Hall–Kier alpha value is -2.63. The Balaban J connectivity index is 1.49. The topological polar surface area (TPSA) is 54.7 Å². The third-order valence-electron chi connectivity index (χ3n) is 5.68. The van der Waals surface area contributed by atoms with E-state index < -0.39 is 0 Å². The van der Waals surface area contributed by atoms with Gasteiger partial charge in [-0.2, -0.15) is 0 Å². The molecule has 0 radical (unpaired) electrons. The van der Waals surface area contributed by atoms with Gasteiger partial charge in [-0.25, -0.2) is 0 Å². The summed E-state index contributed by atoms with van der Waals surface area (Å²) in [5.41, 5.74) is 3.16. The van der Waals surface area contributed by atoms with E-state index in [2.05, 4.69) is 34.9 Å². The molecule has 3 aromatic rings. The molecule has 1 atom stereocenters. The molecule has 0 saturated carbocycles. The molecular formula is C24H28N2O3. The Labute approximate surface area is 171 Å². The van der Waals surface area contributed by atoms with E-state index in [-0.39, 0.29) is 18.6 Å². The van der Waals surface area contributed by atoms with Gasteiger partial charge in [-0.15, -0.1) is 0 Å². The van der Waals surface area contributed by atoms with Crippen molar-refractivity contribution >= 4 is 16.8 Å². The van der Waals surface area contributed by atoms with E-state index in [1.807, 2.05) is 30.5 Å². The highest BCUT2D eigenvalue weighted by molar-refractivity contribution is 6.07. The van der Waals surface area contributed by atoms with Gasteiger partial charge < -0.3 is 19.3 Å². The molecular weight excluding hydrogens is 364 g/mol. The van der Waals surface area contributed by atoms with Gasteiger partial charge >= 0.3 is 0 Å². The van der Waals surface area contributed by atoms with Crippen molar-refractivity contribution < 1.29 is 14.6 Å². The fourth-order valence-electron chi connectivity index (χ4n) is 4.09. The Bertz CT molecular complexity index is 951. The molecule has 152 valence electrons. The number of nitrogens with zero attached hydrogens (tertiary/aromatic N) is 2. The van der Waals surface area contributed by atoms with Crippen molar-refractivity contribution in [1.29, 1.82) is 0 Å². The highest BCUT2D eigenvalue weighted by Gasteiger charge is 2.29. The van der Waals surface area contributed by atoms with Crippen molar-refractivity contribution in [2.45, 2.75) is 31.8 Å². The molecule has 1 amide bonds. The molecule has 0 bridgehead atoms. The Morgan fingerprint density at radius 2 is 1.86 bits per heavy atom. The molecule has 1 aliphatic heterocycles. The Kier molecular flexibility index (Phi) is 6.27. The number of ether oxygens (including phenoxy) is 1. The van der Waals surface area contributed by atoms with Crippen LogP contribution in [0, 0.1) is 0 Å². The van der Waals surface area contributed by atoms with Crippen LogP contribution < -0.4 is 0 Å². The van der Waals surface area contributed by atoms with E-state index in [1.165, 1.54) is 5.56 Å². The zero-order valence-electron chi connectivity index (χ0n) is 16.7. The van der Waals surface area contributed by atoms with Crippen LogP contribution in [0.5, 0.6) is 0 Å². The van der Waals surface area contributed by atoms with Crippen LogP contribution in [0.15, 0.2) is 60.8 Å². The number of unbranched alkanes of at least 4 members (excludes halogenated alkanes) is 1. The second-order valence-electron chi connectivity index (χ2n) is 7.61.